The largest absolute Gasteiger partial charge is 0.288 e. The molecule has 1 aliphatic rings. The second-order valence-corrected chi connectivity index (χ2v) is 6.51. The Kier molecular flexibility index (Phi) is 4.20. The van der Waals surface area contributed by atoms with Gasteiger partial charge in [-0.05, 0) is 18.6 Å². The highest BCUT2D eigenvalue weighted by Crippen LogP contribution is 2.20. The molecule has 1 aliphatic heterocycles. The van der Waals surface area contributed by atoms with E-state index in [0.717, 1.165) is 5.56 Å². The summed E-state index contributed by atoms with van der Waals surface area (Å²) >= 11 is 0. The third kappa shape index (κ3) is 2.95. The van der Waals surface area contributed by atoms with Gasteiger partial charge >= 0.3 is 0 Å². The maximum Gasteiger partial charge on any atom is 0.243 e. The summed E-state index contributed by atoms with van der Waals surface area (Å²) in [4.78, 5) is 2.34. The molecule has 1 saturated heterocycles. The van der Waals surface area contributed by atoms with Crippen molar-refractivity contribution in [3.8, 4) is 6.07 Å². The van der Waals surface area contributed by atoms with E-state index in [1.807, 2.05) is 11.0 Å². The van der Waals surface area contributed by atoms with Crippen molar-refractivity contribution in [3.63, 3.8) is 0 Å². The van der Waals surface area contributed by atoms with Crippen LogP contribution in [0.1, 0.15) is 5.56 Å². The van der Waals surface area contributed by atoms with Gasteiger partial charge < -0.3 is 0 Å². The fraction of sp³-hybridized carbons (Fsp3) is 0.462. The van der Waals surface area contributed by atoms with Crippen LogP contribution >= 0.6 is 0 Å². The number of piperazine rings is 1. The normalized spacial score (nSPS) is 18.1. The Morgan fingerprint density at radius 2 is 1.84 bits per heavy atom. The number of nitriles is 1. The van der Waals surface area contributed by atoms with Crippen LogP contribution < -0.4 is 0 Å². The van der Waals surface area contributed by atoms with Gasteiger partial charge in [-0.15, -0.1) is 0 Å². The molecular formula is C13H17N3O2S. The van der Waals surface area contributed by atoms with E-state index in [0.29, 0.717) is 37.6 Å². The Balaban J connectivity index is 2.15. The number of hydrogen-bond donors (Lipinski definition) is 0. The first-order valence-electron chi connectivity index (χ1n) is 6.21. The molecule has 5 nitrogen and oxygen atoms in total. The number of rotatable bonds is 3. The lowest BCUT2D eigenvalue weighted by Crippen LogP contribution is -2.48. The fourth-order valence-electron chi connectivity index (χ4n) is 2.21. The first-order chi connectivity index (χ1) is 9.05. The highest BCUT2D eigenvalue weighted by molar-refractivity contribution is 7.89. The number of nitrogens with zero attached hydrogens (tertiary/aromatic N) is 3. The van der Waals surface area contributed by atoms with Crippen molar-refractivity contribution in [3.05, 3.63) is 29.8 Å². The predicted molar refractivity (Wildman–Crippen MR) is 72.0 cm³/mol. The molecule has 0 bridgehead atoms. The Morgan fingerprint density at radius 1 is 1.21 bits per heavy atom. The molecule has 1 aromatic rings. The first-order valence-corrected chi connectivity index (χ1v) is 7.65. The van der Waals surface area contributed by atoms with E-state index in [9.17, 15) is 8.42 Å². The van der Waals surface area contributed by atoms with Crippen LogP contribution in [0.3, 0.4) is 0 Å². The first kappa shape index (κ1) is 14.0. The van der Waals surface area contributed by atoms with Crippen LogP contribution in [0.25, 0.3) is 0 Å². The summed E-state index contributed by atoms with van der Waals surface area (Å²) < 4.78 is 26.5. The number of hydrogen-bond acceptors (Lipinski definition) is 4. The topological polar surface area (TPSA) is 64.4 Å². The molecule has 1 aromatic carbocycles. The summed E-state index contributed by atoms with van der Waals surface area (Å²) in [5.74, 6) is 0. The Labute approximate surface area is 114 Å². The third-order valence-electron chi connectivity index (χ3n) is 3.34. The van der Waals surface area contributed by atoms with E-state index in [4.69, 9.17) is 5.26 Å². The molecule has 0 N–H and O–H groups in total. The van der Waals surface area contributed by atoms with Gasteiger partial charge in [0, 0.05) is 26.2 Å². The van der Waals surface area contributed by atoms with Gasteiger partial charge in [0.2, 0.25) is 10.0 Å². The average Bonchev–Trinajstić information content (AvgIpc) is 2.40. The van der Waals surface area contributed by atoms with Gasteiger partial charge in [0.05, 0.1) is 17.5 Å². The molecule has 102 valence electrons. The van der Waals surface area contributed by atoms with Gasteiger partial charge in [-0.2, -0.15) is 9.57 Å². The Bertz CT molecular complexity index is 584. The number of aryl methyl sites for hydroxylation is 1. The number of benzene rings is 1. The van der Waals surface area contributed by atoms with Gasteiger partial charge in [0.25, 0.3) is 0 Å². The van der Waals surface area contributed by atoms with Crippen molar-refractivity contribution in [2.75, 3.05) is 32.7 Å². The maximum absolute atomic E-state index is 12.5. The SMILES string of the molecule is Cc1ccccc1S(=O)(=O)N1CCN(CC#N)CC1. The molecule has 0 unspecified atom stereocenters. The van der Waals surface area contributed by atoms with E-state index in [1.165, 1.54) is 4.31 Å². The molecule has 0 atom stereocenters. The van der Waals surface area contributed by atoms with Crippen molar-refractivity contribution in [1.82, 2.24) is 9.21 Å². The summed E-state index contributed by atoms with van der Waals surface area (Å²) in [6.45, 7) is 4.27. The molecule has 6 heteroatoms. The van der Waals surface area contributed by atoms with Crippen molar-refractivity contribution in [1.29, 1.82) is 5.26 Å². The van der Waals surface area contributed by atoms with Crippen LogP contribution in [-0.4, -0.2) is 50.3 Å². The average molecular weight is 279 g/mol. The highest BCUT2D eigenvalue weighted by Gasteiger charge is 2.29. The van der Waals surface area contributed by atoms with Crippen molar-refractivity contribution < 1.29 is 8.42 Å². The molecule has 2 rings (SSSR count). The molecule has 19 heavy (non-hydrogen) atoms. The lowest BCUT2D eigenvalue weighted by atomic mass is 10.2. The van der Waals surface area contributed by atoms with Gasteiger partial charge in [-0.25, -0.2) is 8.42 Å². The molecular weight excluding hydrogens is 262 g/mol. The summed E-state index contributed by atoms with van der Waals surface area (Å²) in [6, 6.07) is 9.11. The third-order valence-corrected chi connectivity index (χ3v) is 5.40. The van der Waals surface area contributed by atoms with Gasteiger partial charge in [-0.1, -0.05) is 18.2 Å². The fourth-order valence-corrected chi connectivity index (χ4v) is 3.86. The summed E-state index contributed by atoms with van der Waals surface area (Å²) in [7, 11) is -3.41. The maximum atomic E-state index is 12.5. The van der Waals surface area contributed by atoms with E-state index in [2.05, 4.69) is 6.07 Å². The second-order valence-electron chi connectivity index (χ2n) is 4.60. The highest BCUT2D eigenvalue weighted by atomic mass is 32.2. The summed E-state index contributed by atoms with van der Waals surface area (Å²) in [5, 5.41) is 8.64. The lowest BCUT2D eigenvalue weighted by molar-refractivity contribution is 0.206. The van der Waals surface area contributed by atoms with Gasteiger partial charge in [0.1, 0.15) is 0 Å². The molecule has 0 amide bonds. The van der Waals surface area contributed by atoms with Gasteiger partial charge in [0.15, 0.2) is 0 Å². The standard InChI is InChI=1S/C13H17N3O2S/c1-12-4-2-3-5-13(12)19(17,18)16-10-8-15(7-6-14)9-11-16/h2-5H,7-11H2,1H3. The molecule has 1 fully saturated rings. The predicted octanol–water partition coefficient (Wildman–Crippen LogP) is 0.825. The minimum absolute atomic E-state index is 0.359. The minimum Gasteiger partial charge on any atom is -0.288 e. The zero-order chi connectivity index (χ0) is 13.9. The molecule has 0 spiro atoms. The zero-order valence-corrected chi connectivity index (χ0v) is 11.7. The van der Waals surface area contributed by atoms with Crippen molar-refractivity contribution in [2.45, 2.75) is 11.8 Å². The zero-order valence-electron chi connectivity index (χ0n) is 10.9. The van der Waals surface area contributed by atoms with E-state index in [-0.39, 0.29) is 0 Å². The van der Waals surface area contributed by atoms with Crippen molar-refractivity contribution >= 4 is 10.0 Å². The van der Waals surface area contributed by atoms with E-state index >= 15 is 0 Å². The Hall–Kier alpha value is -1.42. The quantitative estimate of drug-likeness (QED) is 0.769. The van der Waals surface area contributed by atoms with Crippen LogP contribution in [-0.2, 0) is 10.0 Å². The summed E-state index contributed by atoms with van der Waals surface area (Å²) in [5.41, 5.74) is 0.766. The van der Waals surface area contributed by atoms with Crippen LogP contribution in [0.2, 0.25) is 0 Å². The second kappa shape index (κ2) is 5.70. The van der Waals surface area contributed by atoms with Crippen LogP contribution in [0.15, 0.2) is 29.2 Å². The molecule has 0 saturated carbocycles. The van der Waals surface area contributed by atoms with Gasteiger partial charge in [-0.3, -0.25) is 4.90 Å². The minimum atomic E-state index is -3.41. The molecule has 1 heterocycles. The van der Waals surface area contributed by atoms with E-state index < -0.39 is 10.0 Å². The molecule has 0 radical (unpaired) electrons. The van der Waals surface area contributed by atoms with Crippen LogP contribution in [0.4, 0.5) is 0 Å². The smallest absolute Gasteiger partial charge is 0.243 e. The Morgan fingerprint density at radius 3 is 2.42 bits per heavy atom. The molecule has 0 aliphatic carbocycles. The van der Waals surface area contributed by atoms with Crippen LogP contribution in [0, 0.1) is 18.3 Å². The summed E-state index contributed by atoms with van der Waals surface area (Å²) in [6.07, 6.45) is 0. The van der Waals surface area contributed by atoms with Crippen LogP contribution in [0.5, 0.6) is 0 Å². The van der Waals surface area contributed by atoms with Crippen molar-refractivity contribution in [2.24, 2.45) is 0 Å². The number of sulfonamides is 1. The monoisotopic (exact) mass is 279 g/mol. The van der Waals surface area contributed by atoms with E-state index in [1.54, 1.807) is 25.1 Å². The lowest BCUT2D eigenvalue weighted by Gasteiger charge is -2.32. The molecule has 0 aromatic heterocycles.